The molecule has 2 aromatic carbocycles. The lowest BCUT2D eigenvalue weighted by molar-refractivity contribution is -0.126. The minimum absolute atomic E-state index is 0. The fraction of sp³-hybridized carbons (Fsp3) is 0.409. The van der Waals surface area contributed by atoms with Gasteiger partial charge >= 0.3 is 0 Å². The molecule has 7 heteroatoms. The van der Waals surface area contributed by atoms with Crippen molar-refractivity contribution in [3.8, 4) is 5.75 Å². The highest BCUT2D eigenvalue weighted by Crippen LogP contribution is 2.27. The van der Waals surface area contributed by atoms with E-state index in [2.05, 4.69) is 16.3 Å². The number of hydrogen-bond donors (Lipinski definition) is 2. The van der Waals surface area contributed by atoms with Crippen LogP contribution in [-0.4, -0.2) is 37.6 Å². The third-order valence-corrected chi connectivity index (χ3v) is 5.36. The van der Waals surface area contributed by atoms with Crippen LogP contribution in [0.2, 0.25) is 0 Å². The number of methoxy groups -OCH3 is 1. The van der Waals surface area contributed by atoms with Gasteiger partial charge in [-0.2, -0.15) is 0 Å². The van der Waals surface area contributed by atoms with E-state index >= 15 is 0 Å². The lowest BCUT2D eigenvalue weighted by Gasteiger charge is -2.30. The summed E-state index contributed by atoms with van der Waals surface area (Å²) in [6.07, 6.45) is 2.38. The summed E-state index contributed by atoms with van der Waals surface area (Å²) in [5.74, 6) is 0.664. The number of nitrogens with zero attached hydrogens (tertiary/aromatic N) is 1. The van der Waals surface area contributed by atoms with E-state index in [4.69, 9.17) is 10.5 Å². The molecule has 1 amide bonds. The van der Waals surface area contributed by atoms with Crippen LogP contribution in [-0.2, 0) is 10.3 Å². The maximum absolute atomic E-state index is 12.9. The van der Waals surface area contributed by atoms with Gasteiger partial charge in [-0.15, -0.1) is 24.8 Å². The number of benzene rings is 2. The van der Waals surface area contributed by atoms with E-state index in [1.165, 1.54) is 12.8 Å². The molecule has 1 saturated heterocycles. The van der Waals surface area contributed by atoms with Gasteiger partial charge in [0.1, 0.15) is 11.3 Å². The third-order valence-electron chi connectivity index (χ3n) is 5.36. The van der Waals surface area contributed by atoms with Crippen LogP contribution in [0.3, 0.4) is 0 Å². The van der Waals surface area contributed by atoms with Gasteiger partial charge in [0, 0.05) is 6.54 Å². The Morgan fingerprint density at radius 1 is 1.14 bits per heavy atom. The van der Waals surface area contributed by atoms with E-state index < -0.39 is 5.54 Å². The number of carbonyl (C=O) groups is 1. The van der Waals surface area contributed by atoms with Crippen molar-refractivity contribution in [3.63, 3.8) is 0 Å². The summed E-state index contributed by atoms with van der Waals surface area (Å²) in [7, 11) is 1.67. The van der Waals surface area contributed by atoms with E-state index in [0.717, 1.165) is 30.0 Å². The van der Waals surface area contributed by atoms with Gasteiger partial charge in [0.15, 0.2) is 0 Å². The van der Waals surface area contributed by atoms with E-state index in [9.17, 15) is 4.79 Å². The Balaban J connectivity index is 0.00000210. The number of nitrogens with two attached hydrogens (primary N) is 1. The number of rotatable bonds is 7. The zero-order chi connectivity index (χ0) is 19.3. The van der Waals surface area contributed by atoms with Crippen LogP contribution >= 0.6 is 24.8 Å². The summed E-state index contributed by atoms with van der Waals surface area (Å²) >= 11 is 0. The summed E-state index contributed by atoms with van der Waals surface area (Å²) in [5.41, 5.74) is 7.25. The Morgan fingerprint density at radius 2 is 1.79 bits per heavy atom. The monoisotopic (exact) mass is 439 g/mol. The maximum atomic E-state index is 12.9. The van der Waals surface area contributed by atoms with Crippen molar-refractivity contribution in [3.05, 3.63) is 65.7 Å². The van der Waals surface area contributed by atoms with Crippen LogP contribution in [0.15, 0.2) is 54.6 Å². The molecule has 0 aromatic heterocycles. The fourth-order valence-corrected chi connectivity index (χ4v) is 3.65. The second kappa shape index (κ2) is 11.4. The number of amides is 1. The smallest absolute Gasteiger partial charge is 0.244 e. The Hall–Kier alpha value is -1.79. The molecule has 1 aliphatic rings. The molecule has 2 unspecified atom stereocenters. The normalized spacial score (nSPS) is 16.7. The highest BCUT2D eigenvalue weighted by Gasteiger charge is 2.32. The molecule has 29 heavy (non-hydrogen) atoms. The van der Waals surface area contributed by atoms with Gasteiger partial charge in [0.05, 0.1) is 13.2 Å². The summed E-state index contributed by atoms with van der Waals surface area (Å²) < 4.78 is 5.38. The zero-order valence-electron chi connectivity index (χ0n) is 17.0. The van der Waals surface area contributed by atoms with E-state index in [1.807, 2.05) is 48.5 Å². The average Bonchev–Trinajstić information content (AvgIpc) is 3.23. The lowest BCUT2D eigenvalue weighted by atomic mass is 9.92. The van der Waals surface area contributed by atoms with Crippen molar-refractivity contribution in [2.75, 3.05) is 26.7 Å². The van der Waals surface area contributed by atoms with Crippen LogP contribution in [0.4, 0.5) is 0 Å². The van der Waals surface area contributed by atoms with Gasteiger partial charge in [-0.25, -0.2) is 0 Å². The summed E-state index contributed by atoms with van der Waals surface area (Å²) in [4.78, 5) is 15.3. The number of likely N-dealkylation sites (tertiary alicyclic amines) is 1. The topological polar surface area (TPSA) is 67.6 Å². The average molecular weight is 440 g/mol. The zero-order valence-corrected chi connectivity index (χ0v) is 18.6. The molecule has 0 bridgehead atoms. The highest BCUT2D eigenvalue weighted by molar-refractivity contribution is 5.87. The number of ether oxygens (including phenoxy) is 1. The largest absolute Gasteiger partial charge is 0.497 e. The minimum Gasteiger partial charge on any atom is -0.497 e. The summed E-state index contributed by atoms with van der Waals surface area (Å²) in [5, 5.41) is 3.09. The molecule has 0 saturated carbocycles. The molecule has 5 nitrogen and oxygen atoms in total. The first-order valence-electron chi connectivity index (χ1n) is 9.53. The number of halogens is 2. The van der Waals surface area contributed by atoms with E-state index in [-0.39, 0.29) is 36.8 Å². The van der Waals surface area contributed by atoms with Gasteiger partial charge in [0.25, 0.3) is 0 Å². The van der Waals surface area contributed by atoms with Crippen LogP contribution in [0.1, 0.15) is 36.9 Å². The molecule has 1 aliphatic heterocycles. The number of nitrogens with one attached hydrogen (secondary N) is 1. The molecule has 0 radical (unpaired) electrons. The van der Waals surface area contributed by atoms with Crippen molar-refractivity contribution in [2.24, 2.45) is 5.73 Å². The van der Waals surface area contributed by atoms with E-state index in [0.29, 0.717) is 6.54 Å². The van der Waals surface area contributed by atoms with Crippen LogP contribution in [0, 0.1) is 0 Å². The molecule has 0 spiro atoms. The fourth-order valence-electron chi connectivity index (χ4n) is 3.65. The second-order valence-corrected chi connectivity index (χ2v) is 7.31. The molecule has 1 heterocycles. The lowest BCUT2D eigenvalue weighted by Crippen LogP contribution is -2.50. The second-order valence-electron chi connectivity index (χ2n) is 7.31. The van der Waals surface area contributed by atoms with E-state index in [1.54, 1.807) is 14.0 Å². The number of hydrogen-bond acceptors (Lipinski definition) is 4. The molecule has 3 rings (SSSR count). The Labute approximate surface area is 185 Å². The number of carbonyl (C=O) groups excluding carboxylic acids is 1. The molecule has 0 aliphatic carbocycles. The van der Waals surface area contributed by atoms with Crippen molar-refractivity contribution in [2.45, 2.75) is 31.3 Å². The van der Waals surface area contributed by atoms with Crippen LogP contribution in [0.5, 0.6) is 5.75 Å². The molecule has 1 fully saturated rings. The standard InChI is InChI=1S/C22H29N3O2.2ClH/c1-22(23,18-10-4-3-5-11-18)21(26)24-16-20(25-13-6-7-14-25)17-9-8-12-19(15-17)27-2;;/h3-5,8-12,15,20H,6-7,13-14,16,23H2,1-2H3,(H,24,26);2*1H. The molecule has 160 valence electrons. The van der Waals surface area contributed by atoms with Crippen molar-refractivity contribution < 1.29 is 9.53 Å². The maximum Gasteiger partial charge on any atom is 0.244 e. The van der Waals surface area contributed by atoms with Crippen molar-refractivity contribution in [1.29, 1.82) is 0 Å². The summed E-state index contributed by atoms with van der Waals surface area (Å²) in [6, 6.07) is 17.7. The SMILES string of the molecule is COc1cccc(C(CNC(=O)C(C)(N)c2ccccc2)N2CCCC2)c1.Cl.Cl. The van der Waals surface area contributed by atoms with Gasteiger partial charge in [-0.3, -0.25) is 9.69 Å². The molecule has 2 aromatic rings. The van der Waals surface area contributed by atoms with Gasteiger partial charge in [-0.05, 0) is 56.1 Å². The highest BCUT2D eigenvalue weighted by atomic mass is 35.5. The van der Waals surface area contributed by atoms with Crippen molar-refractivity contribution in [1.82, 2.24) is 10.2 Å². The van der Waals surface area contributed by atoms with Gasteiger partial charge in [-0.1, -0.05) is 42.5 Å². The van der Waals surface area contributed by atoms with Crippen LogP contribution in [0.25, 0.3) is 0 Å². The van der Waals surface area contributed by atoms with Crippen molar-refractivity contribution >= 4 is 30.7 Å². The Bertz CT molecular complexity index is 766. The first-order chi connectivity index (χ1) is 13.0. The first kappa shape index (κ1) is 25.2. The quantitative estimate of drug-likeness (QED) is 0.690. The predicted molar refractivity (Wildman–Crippen MR) is 122 cm³/mol. The van der Waals surface area contributed by atoms with Crippen LogP contribution < -0.4 is 15.8 Å². The van der Waals surface area contributed by atoms with Gasteiger partial charge in [0.2, 0.25) is 5.91 Å². The molecular weight excluding hydrogens is 409 g/mol. The molecular formula is C22H31Cl2N3O2. The summed E-state index contributed by atoms with van der Waals surface area (Å²) in [6.45, 7) is 4.35. The Kier molecular flexibility index (Phi) is 9.93. The molecule has 3 N–H and O–H groups in total. The predicted octanol–water partition coefficient (Wildman–Crippen LogP) is 3.67. The van der Waals surface area contributed by atoms with Gasteiger partial charge < -0.3 is 15.8 Å². The molecule has 2 atom stereocenters. The Morgan fingerprint density at radius 3 is 2.41 bits per heavy atom. The third kappa shape index (κ3) is 6.09. The minimum atomic E-state index is -1.06. The first-order valence-corrected chi connectivity index (χ1v) is 9.53.